The average Bonchev–Trinajstić information content (AvgIpc) is 2.65. The first-order valence-electron chi connectivity index (χ1n) is 8.11. The SMILES string of the molecule is O=C(COc1ccc(Cl)cc1)NCC(=O)N1CCc2ccccc2C1. The highest BCUT2D eigenvalue weighted by Gasteiger charge is 2.20. The third-order valence-electron chi connectivity index (χ3n) is 4.10. The summed E-state index contributed by atoms with van der Waals surface area (Å²) in [5.74, 6) is 0.133. The zero-order chi connectivity index (χ0) is 17.6. The van der Waals surface area contributed by atoms with Gasteiger partial charge in [-0.3, -0.25) is 9.59 Å². The van der Waals surface area contributed by atoms with Crippen molar-refractivity contribution in [2.45, 2.75) is 13.0 Å². The highest BCUT2D eigenvalue weighted by atomic mass is 35.5. The number of carbonyl (C=O) groups excluding carboxylic acids is 2. The number of carbonyl (C=O) groups is 2. The van der Waals surface area contributed by atoms with E-state index >= 15 is 0 Å². The zero-order valence-electron chi connectivity index (χ0n) is 13.7. The third kappa shape index (κ3) is 4.73. The van der Waals surface area contributed by atoms with Gasteiger partial charge in [0.15, 0.2) is 6.61 Å². The molecule has 3 rings (SSSR count). The number of hydrogen-bond donors (Lipinski definition) is 1. The number of rotatable bonds is 5. The first-order chi connectivity index (χ1) is 12.1. The predicted molar refractivity (Wildman–Crippen MR) is 95.5 cm³/mol. The van der Waals surface area contributed by atoms with Crippen molar-refractivity contribution in [3.05, 3.63) is 64.7 Å². The second-order valence-electron chi connectivity index (χ2n) is 5.85. The molecule has 5 nitrogen and oxygen atoms in total. The molecule has 0 spiro atoms. The Bertz CT molecular complexity index is 762. The first kappa shape index (κ1) is 17.3. The van der Waals surface area contributed by atoms with Crippen LogP contribution in [0.25, 0.3) is 0 Å². The lowest BCUT2D eigenvalue weighted by Gasteiger charge is -2.29. The molecule has 0 saturated carbocycles. The second-order valence-corrected chi connectivity index (χ2v) is 6.29. The zero-order valence-corrected chi connectivity index (χ0v) is 14.5. The Labute approximate surface area is 151 Å². The molecule has 0 atom stereocenters. The molecule has 0 bridgehead atoms. The maximum Gasteiger partial charge on any atom is 0.258 e. The van der Waals surface area contributed by atoms with Crippen LogP contribution >= 0.6 is 11.6 Å². The van der Waals surface area contributed by atoms with Crippen LogP contribution in [0.2, 0.25) is 5.02 Å². The van der Waals surface area contributed by atoms with Crippen molar-refractivity contribution >= 4 is 23.4 Å². The van der Waals surface area contributed by atoms with E-state index in [9.17, 15) is 9.59 Å². The fraction of sp³-hybridized carbons (Fsp3) is 0.263. The van der Waals surface area contributed by atoms with Crippen molar-refractivity contribution in [1.82, 2.24) is 10.2 Å². The van der Waals surface area contributed by atoms with Crippen LogP contribution in [0.15, 0.2) is 48.5 Å². The van der Waals surface area contributed by atoms with Crippen molar-refractivity contribution < 1.29 is 14.3 Å². The number of benzene rings is 2. The van der Waals surface area contributed by atoms with E-state index in [4.69, 9.17) is 16.3 Å². The molecule has 1 aliphatic heterocycles. The van der Waals surface area contributed by atoms with Crippen LogP contribution in [0.3, 0.4) is 0 Å². The molecule has 0 aromatic heterocycles. The van der Waals surface area contributed by atoms with E-state index in [1.807, 2.05) is 18.2 Å². The summed E-state index contributed by atoms with van der Waals surface area (Å²) < 4.78 is 5.35. The van der Waals surface area contributed by atoms with Crippen LogP contribution in [-0.4, -0.2) is 36.4 Å². The fourth-order valence-corrected chi connectivity index (χ4v) is 2.85. The van der Waals surface area contributed by atoms with E-state index in [0.29, 0.717) is 23.9 Å². The van der Waals surface area contributed by atoms with Crippen LogP contribution in [0.5, 0.6) is 5.75 Å². The van der Waals surface area contributed by atoms with Gasteiger partial charge in [0.1, 0.15) is 5.75 Å². The van der Waals surface area contributed by atoms with Crippen LogP contribution in [0, 0.1) is 0 Å². The highest BCUT2D eigenvalue weighted by molar-refractivity contribution is 6.30. The Morgan fingerprint density at radius 1 is 1.08 bits per heavy atom. The molecule has 0 radical (unpaired) electrons. The molecular weight excluding hydrogens is 340 g/mol. The van der Waals surface area contributed by atoms with Gasteiger partial charge in [-0.2, -0.15) is 0 Å². The van der Waals surface area contributed by atoms with E-state index in [1.54, 1.807) is 29.2 Å². The quantitative estimate of drug-likeness (QED) is 0.893. The van der Waals surface area contributed by atoms with Crippen molar-refractivity contribution in [3.63, 3.8) is 0 Å². The standard InChI is InChI=1S/C19H19ClN2O3/c20-16-5-7-17(8-6-16)25-13-18(23)21-11-19(24)22-10-9-14-3-1-2-4-15(14)12-22/h1-8H,9-13H2,(H,21,23). The number of ether oxygens (including phenoxy) is 1. The van der Waals surface area contributed by atoms with Gasteiger partial charge >= 0.3 is 0 Å². The lowest BCUT2D eigenvalue weighted by molar-refractivity contribution is -0.134. The number of hydrogen-bond acceptors (Lipinski definition) is 3. The van der Waals surface area contributed by atoms with Gasteiger partial charge in [0.05, 0.1) is 6.54 Å². The molecule has 6 heteroatoms. The summed E-state index contributed by atoms with van der Waals surface area (Å²) in [6.07, 6.45) is 0.843. The lowest BCUT2D eigenvalue weighted by Crippen LogP contribution is -2.43. The molecule has 0 saturated heterocycles. The molecule has 2 amide bonds. The summed E-state index contributed by atoms with van der Waals surface area (Å²) in [6.45, 7) is 1.10. The molecule has 0 unspecified atom stereocenters. The Morgan fingerprint density at radius 2 is 1.80 bits per heavy atom. The van der Waals surface area contributed by atoms with Crippen LogP contribution < -0.4 is 10.1 Å². The van der Waals surface area contributed by atoms with Gasteiger partial charge in [-0.15, -0.1) is 0 Å². The van der Waals surface area contributed by atoms with E-state index in [2.05, 4.69) is 11.4 Å². The summed E-state index contributed by atoms with van der Waals surface area (Å²) in [5.41, 5.74) is 2.45. The number of amides is 2. The van der Waals surface area contributed by atoms with Gasteiger partial charge in [0, 0.05) is 18.1 Å². The molecular formula is C19H19ClN2O3. The molecule has 0 aliphatic carbocycles. The fourth-order valence-electron chi connectivity index (χ4n) is 2.73. The number of nitrogens with one attached hydrogen (secondary N) is 1. The van der Waals surface area contributed by atoms with Gasteiger partial charge in [0.25, 0.3) is 5.91 Å². The minimum atomic E-state index is -0.333. The van der Waals surface area contributed by atoms with E-state index in [1.165, 1.54) is 11.1 Å². The van der Waals surface area contributed by atoms with Crippen molar-refractivity contribution in [2.24, 2.45) is 0 Å². The van der Waals surface area contributed by atoms with Crippen molar-refractivity contribution in [3.8, 4) is 5.75 Å². The molecule has 1 N–H and O–H groups in total. The van der Waals surface area contributed by atoms with Gasteiger partial charge < -0.3 is 15.0 Å². The summed E-state index contributed by atoms with van der Waals surface area (Å²) in [6, 6.07) is 14.9. The van der Waals surface area contributed by atoms with E-state index in [-0.39, 0.29) is 25.0 Å². The Balaban J connectivity index is 1.43. The summed E-state index contributed by atoms with van der Waals surface area (Å²) in [4.78, 5) is 25.9. The normalized spacial score (nSPS) is 13.1. The predicted octanol–water partition coefficient (Wildman–Crippen LogP) is 2.42. The van der Waals surface area contributed by atoms with Gasteiger partial charge in [-0.05, 0) is 41.8 Å². The van der Waals surface area contributed by atoms with Crippen LogP contribution in [-0.2, 0) is 22.6 Å². The minimum absolute atomic E-state index is 0.0228. The second kappa shape index (κ2) is 8.03. The maximum atomic E-state index is 12.3. The number of nitrogens with zero attached hydrogens (tertiary/aromatic N) is 1. The van der Waals surface area contributed by atoms with Crippen molar-refractivity contribution in [2.75, 3.05) is 19.7 Å². The number of halogens is 1. The number of fused-ring (bicyclic) bond motifs is 1. The van der Waals surface area contributed by atoms with Gasteiger partial charge in [0.2, 0.25) is 5.91 Å². The van der Waals surface area contributed by atoms with Crippen LogP contribution in [0.1, 0.15) is 11.1 Å². The molecule has 25 heavy (non-hydrogen) atoms. The molecule has 130 valence electrons. The molecule has 0 fully saturated rings. The maximum absolute atomic E-state index is 12.3. The Morgan fingerprint density at radius 3 is 2.56 bits per heavy atom. The monoisotopic (exact) mass is 358 g/mol. The molecule has 1 heterocycles. The summed E-state index contributed by atoms with van der Waals surface area (Å²) in [5, 5.41) is 3.21. The Hall–Kier alpha value is -2.53. The molecule has 1 aliphatic rings. The highest BCUT2D eigenvalue weighted by Crippen LogP contribution is 2.18. The molecule has 2 aromatic rings. The third-order valence-corrected chi connectivity index (χ3v) is 4.36. The van der Waals surface area contributed by atoms with Crippen molar-refractivity contribution in [1.29, 1.82) is 0 Å². The smallest absolute Gasteiger partial charge is 0.258 e. The Kier molecular flexibility index (Phi) is 5.56. The van der Waals surface area contributed by atoms with E-state index in [0.717, 1.165) is 6.42 Å². The lowest BCUT2D eigenvalue weighted by atomic mass is 10.00. The minimum Gasteiger partial charge on any atom is -0.484 e. The molecule has 2 aromatic carbocycles. The van der Waals surface area contributed by atoms with E-state index < -0.39 is 0 Å². The summed E-state index contributed by atoms with van der Waals surface area (Å²) in [7, 11) is 0. The van der Waals surface area contributed by atoms with Crippen LogP contribution in [0.4, 0.5) is 0 Å². The topological polar surface area (TPSA) is 58.6 Å². The first-order valence-corrected chi connectivity index (χ1v) is 8.49. The average molecular weight is 359 g/mol. The summed E-state index contributed by atoms with van der Waals surface area (Å²) >= 11 is 5.79. The van der Waals surface area contributed by atoms with Gasteiger partial charge in [-0.1, -0.05) is 35.9 Å². The largest absolute Gasteiger partial charge is 0.484 e. The van der Waals surface area contributed by atoms with Gasteiger partial charge in [-0.25, -0.2) is 0 Å².